The number of halogens is 1. The molecule has 0 spiro atoms. The van der Waals surface area contributed by atoms with Crippen molar-refractivity contribution >= 4 is 48.9 Å². The van der Waals surface area contributed by atoms with Gasteiger partial charge in [0.05, 0.1) is 16.5 Å². The molecule has 11 heteroatoms. The minimum Gasteiger partial charge on any atom is -0.322 e. The Kier molecular flexibility index (Phi) is 6.95. The van der Waals surface area contributed by atoms with Crippen LogP contribution in [0.5, 0.6) is 0 Å². The summed E-state index contributed by atoms with van der Waals surface area (Å²) in [5.41, 5.74) is 0.938. The number of carbonyl (C=O) groups is 1. The summed E-state index contributed by atoms with van der Waals surface area (Å²) >= 11 is 6.13. The lowest BCUT2D eigenvalue weighted by atomic mass is 10.1. The van der Waals surface area contributed by atoms with Crippen LogP contribution >= 0.6 is 11.6 Å². The number of hydrogen-bond donors (Lipinski definition) is 1. The van der Waals surface area contributed by atoms with E-state index < -0.39 is 26.0 Å². The Morgan fingerprint density at radius 2 is 1.87 bits per heavy atom. The fourth-order valence-corrected chi connectivity index (χ4v) is 6.93. The molecule has 31 heavy (non-hydrogen) atoms. The molecule has 0 saturated carbocycles. The second kappa shape index (κ2) is 9.15. The highest BCUT2D eigenvalue weighted by atomic mass is 35.5. The smallest absolute Gasteiger partial charge is 0.255 e. The zero-order valence-corrected chi connectivity index (χ0v) is 19.6. The SMILES string of the molecule is CCN(CC)S(=O)(=O)c1cc(NC(=O)c2cccc(N3CCCS3(=O)=O)c2)ccc1Cl. The van der Waals surface area contributed by atoms with E-state index in [-0.39, 0.29) is 40.0 Å². The zero-order valence-electron chi connectivity index (χ0n) is 17.2. The molecule has 0 aromatic heterocycles. The Bertz CT molecular complexity index is 1200. The summed E-state index contributed by atoms with van der Waals surface area (Å²) in [4.78, 5) is 12.7. The van der Waals surface area contributed by atoms with Gasteiger partial charge < -0.3 is 5.32 Å². The van der Waals surface area contributed by atoms with E-state index in [2.05, 4.69) is 5.32 Å². The lowest BCUT2D eigenvalue weighted by Crippen LogP contribution is -2.30. The van der Waals surface area contributed by atoms with Crippen LogP contribution in [-0.4, -0.2) is 52.4 Å². The molecule has 1 aliphatic rings. The number of nitrogens with one attached hydrogen (secondary N) is 1. The topological polar surface area (TPSA) is 104 Å². The second-order valence-electron chi connectivity index (χ2n) is 6.98. The van der Waals surface area contributed by atoms with Gasteiger partial charge in [-0.15, -0.1) is 0 Å². The van der Waals surface area contributed by atoms with E-state index >= 15 is 0 Å². The van der Waals surface area contributed by atoms with E-state index in [1.54, 1.807) is 32.0 Å². The number of carbonyl (C=O) groups excluding carboxylic acids is 1. The maximum absolute atomic E-state index is 12.8. The molecule has 0 aliphatic carbocycles. The molecule has 1 N–H and O–H groups in total. The van der Waals surface area contributed by atoms with Crippen molar-refractivity contribution in [2.75, 3.05) is 35.0 Å². The van der Waals surface area contributed by atoms with E-state index in [0.717, 1.165) is 0 Å². The van der Waals surface area contributed by atoms with Crippen LogP contribution in [0.1, 0.15) is 30.6 Å². The van der Waals surface area contributed by atoms with Gasteiger partial charge in [-0.1, -0.05) is 31.5 Å². The summed E-state index contributed by atoms with van der Waals surface area (Å²) in [6, 6.07) is 10.6. The number of anilines is 2. The van der Waals surface area contributed by atoms with Gasteiger partial charge in [0.25, 0.3) is 5.91 Å². The number of hydrogen-bond acceptors (Lipinski definition) is 5. The highest BCUT2D eigenvalue weighted by molar-refractivity contribution is 7.93. The van der Waals surface area contributed by atoms with Crippen molar-refractivity contribution in [2.24, 2.45) is 0 Å². The first-order valence-corrected chi connectivity index (χ1v) is 13.2. The number of benzene rings is 2. The van der Waals surface area contributed by atoms with Gasteiger partial charge in [-0.05, 0) is 42.8 Å². The summed E-state index contributed by atoms with van der Waals surface area (Å²) in [5.74, 6) is -0.412. The van der Waals surface area contributed by atoms with Crippen molar-refractivity contribution in [2.45, 2.75) is 25.2 Å². The van der Waals surface area contributed by atoms with Crippen LogP contribution in [0.25, 0.3) is 0 Å². The first-order chi connectivity index (χ1) is 14.6. The Morgan fingerprint density at radius 1 is 1.16 bits per heavy atom. The molecule has 1 heterocycles. The predicted octanol–water partition coefficient (Wildman–Crippen LogP) is 3.16. The van der Waals surface area contributed by atoms with Crippen molar-refractivity contribution in [3.05, 3.63) is 53.1 Å². The van der Waals surface area contributed by atoms with E-state index in [9.17, 15) is 21.6 Å². The molecule has 1 amide bonds. The number of nitrogens with zero attached hydrogens (tertiary/aromatic N) is 2. The van der Waals surface area contributed by atoms with Crippen molar-refractivity contribution in [3.8, 4) is 0 Å². The van der Waals surface area contributed by atoms with Gasteiger partial charge in [-0.2, -0.15) is 4.31 Å². The van der Waals surface area contributed by atoms with Gasteiger partial charge >= 0.3 is 0 Å². The molecule has 0 unspecified atom stereocenters. The third-order valence-corrected chi connectivity index (χ3v) is 9.41. The average Bonchev–Trinajstić information content (AvgIpc) is 3.09. The predicted molar refractivity (Wildman–Crippen MR) is 122 cm³/mol. The summed E-state index contributed by atoms with van der Waals surface area (Å²) in [6.07, 6.45) is 0.535. The van der Waals surface area contributed by atoms with Crippen LogP contribution in [0.15, 0.2) is 47.4 Å². The van der Waals surface area contributed by atoms with Gasteiger partial charge in [0.2, 0.25) is 20.0 Å². The third kappa shape index (κ3) is 4.87. The first-order valence-electron chi connectivity index (χ1n) is 9.81. The first kappa shape index (κ1) is 23.5. The Morgan fingerprint density at radius 3 is 2.48 bits per heavy atom. The molecule has 0 bridgehead atoms. The van der Waals surface area contributed by atoms with Crippen LogP contribution in [0.4, 0.5) is 11.4 Å². The molecule has 1 saturated heterocycles. The minimum absolute atomic E-state index is 0.0612. The van der Waals surface area contributed by atoms with Crippen LogP contribution < -0.4 is 9.62 Å². The maximum Gasteiger partial charge on any atom is 0.255 e. The minimum atomic E-state index is -3.81. The van der Waals surface area contributed by atoms with Crippen LogP contribution in [-0.2, 0) is 20.0 Å². The molecule has 0 atom stereocenters. The van der Waals surface area contributed by atoms with Crippen molar-refractivity contribution in [3.63, 3.8) is 0 Å². The highest BCUT2D eigenvalue weighted by Crippen LogP contribution is 2.29. The summed E-state index contributed by atoms with van der Waals surface area (Å²) in [5, 5.41) is 2.72. The molecule has 2 aromatic carbocycles. The Hall–Kier alpha value is -2.14. The zero-order chi connectivity index (χ0) is 22.8. The van der Waals surface area contributed by atoms with Crippen LogP contribution in [0.2, 0.25) is 5.02 Å². The number of amides is 1. The molecule has 8 nitrogen and oxygen atoms in total. The van der Waals surface area contributed by atoms with E-state index in [1.807, 2.05) is 0 Å². The fraction of sp³-hybridized carbons (Fsp3) is 0.350. The third-order valence-electron chi connectivity index (χ3n) is 5.01. The Balaban J connectivity index is 1.87. The molecular formula is C20H24ClN3O5S2. The van der Waals surface area contributed by atoms with Gasteiger partial charge in [0.1, 0.15) is 4.90 Å². The van der Waals surface area contributed by atoms with E-state index in [4.69, 9.17) is 11.6 Å². The quantitative estimate of drug-likeness (QED) is 0.648. The van der Waals surface area contributed by atoms with Crippen molar-refractivity contribution in [1.82, 2.24) is 4.31 Å². The molecule has 1 fully saturated rings. The highest BCUT2D eigenvalue weighted by Gasteiger charge is 2.29. The van der Waals surface area contributed by atoms with E-state index in [0.29, 0.717) is 18.7 Å². The standard InChI is InChI=1S/C20H24ClN3O5S2/c1-3-23(4-2)31(28,29)19-14-16(9-10-18(19)21)22-20(25)15-7-5-8-17(13-15)24-11-6-12-30(24,26)27/h5,7-10,13-14H,3-4,6,11-12H2,1-2H3,(H,22,25). The number of sulfonamides is 2. The normalized spacial score (nSPS) is 15.9. The summed E-state index contributed by atoms with van der Waals surface area (Å²) in [6.45, 7) is 4.41. The largest absolute Gasteiger partial charge is 0.322 e. The summed E-state index contributed by atoms with van der Waals surface area (Å²) < 4.78 is 52.6. The fourth-order valence-electron chi connectivity index (χ4n) is 3.42. The maximum atomic E-state index is 12.8. The van der Waals surface area contributed by atoms with Gasteiger partial charge in [-0.3, -0.25) is 9.10 Å². The van der Waals surface area contributed by atoms with Crippen LogP contribution in [0, 0.1) is 0 Å². The van der Waals surface area contributed by atoms with Crippen molar-refractivity contribution in [1.29, 1.82) is 0 Å². The van der Waals surface area contributed by atoms with Crippen LogP contribution in [0.3, 0.4) is 0 Å². The van der Waals surface area contributed by atoms with Gasteiger partial charge in [0, 0.05) is 30.9 Å². The second-order valence-corrected chi connectivity index (χ2v) is 11.3. The Labute approximate surface area is 187 Å². The molecule has 3 rings (SSSR count). The number of rotatable bonds is 7. The summed E-state index contributed by atoms with van der Waals surface area (Å²) in [7, 11) is -7.17. The molecule has 0 radical (unpaired) electrons. The monoisotopic (exact) mass is 485 g/mol. The lowest BCUT2D eigenvalue weighted by Gasteiger charge is -2.20. The van der Waals surface area contributed by atoms with Gasteiger partial charge in [-0.25, -0.2) is 16.8 Å². The van der Waals surface area contributed by atoms with Crippen molar-refractivity contribution < 1.29 is 21.6 Å². The molecular weight excluding hydrogens is 462 g/mol. The molecule has 2 aromatic rings. The van der Waals surface area contributed by atoms with E-state index in [1.165, 1.54) is 32.9 Å². The van der Waals surface area contributed by atoms with Gasteiger partial charge in [0.15, 0.2) is 0 Å². The molecule has 168 valence electrons. The average molecular weight is 486 g/mol. The molecule has 1 aliphatic heterocycles. The lowest BCUT2D eigenvalue weighted by molar-refractivity contribution is 0.102.